The zero-order chi connectivity index (χ0) is 17.0. The van der Waals surface area contributed by atoms with Crippen molar-refractivity contribution >= 4 is 17.5 Å². The van der Waals surface area contributed by atoms with Crippen LogP contribution in [0.15, 0.2) is 18.2 Å². The van der Waals surface area contributed by atoms with Gasteiger partial charge in [-0.2, -0.15) is 0 Å². The standard InChI is InChI=1S/C16H23ClN2O4/c1-18(4-5-20)7-11-8-19(9-12(11)10-21)16(23)14-3-2-13(17)6-15(14)22/h2-3,6,11-12,20-22H,4-5,7-10H2,1H3/t11-,12-/m1/s1. The molecule has 1 saturated heterocycles. The third-order valence-corrected chi connectivity index (χ3v) is 4.55. The van der Waals surface area contributed by atoms with E-state index in [-0.39, 0.29) is 42.3 Å². The molecule has 0 radical (unpaired) electrons. The fourth-order valence-electron chi connectivity index (χ4n) is 3.04. The van der Waals surface area contributed by atoms with Gasteiger partial charge in [0.25, 0.3) is 5.91 Å². The third kappa shape index (κ3) is 4.35. The maximum Gasteiger partial charge on any atom is 0.257 e. The molecule has 1 aliphatic rings. The number of hydrogen-bond donors (Lipinski definition) is 3. The average Bonchev–Trinajstić information content (AvgIpc) is 2.89. The average molecular weight is 343 g/mol. The van der Waals surface area contributed by atoms with Gasteiger partial charge in [-0.05, 0) is 31.2 Å². The molecule has 3 N–H and O–H groups in total. The van der Waals surface area contributed by atoms with Crippen molar-refractivity contribution in [3.63, 3.8) is 0 Å². The van der Waals surface area contributed by atoms with E-state index in [1.165, 1.54) is 12.1 Å². The van der Waals surface area contributed by atoms with Crippen molar-refractivity contribution in [1.29, 1.82) is 0 Å². The Morgan fingerprint density at radius 3 is 2.65 bits per heavy atom. The van der Waals surface area contributed by atoms with Gasteiger partial charge in [0, 0.05) is 43.7 Å². The maximum atomic E-state index is 12.6. The number of rotatable bonds is 6. The van der Waals surface area contributed by atoms with Gasteiger partial charge in [-0.15, -0.1) is 0 Å². The quantitative estimate of drug-likeness (QED) is 0.707. The van der Waals surface area contributed by atoms with Crippen LogP contribution in [-0.4, -0.2) is 77.5 Å². The lowest BCUT2D eigenvalue weighted by molar-refractivity contribution is 0.0776. The fraction of sp³-hybridized carbons (Fsp3) is 0.562. The SMILES string of the molecule is CN(CCO)C[C@@H]1CN(C(=O)c2ccc(Cl)cc2O)C[C@@H]1CO. The number of aliphatic hydroxyl groups is 2. The number of likely N-dealkylation sites (tertiary alicyclic amines) is 1. The number of halogens is 1. The Hall–Kier alpha value is -1.34. The Kier molecular flexibility index (Phi) is 6.24. The van der Waals surface area contributed by atoms with Crippen LogP contribution in [0.25, 0.3) is 0 Å². The molecule has 23 heavy (non-hydrogen) atoms. The molecular weight excluding hydrogens is 320 g/mol. The molecule has 0 unspecified atom stereocenters. The number of aliphatic hydroxyl groups excluding tert-OH is 2. The first-order valence-electron chi connectivity index (χ1n) is 7.64. The van der Waals surface area contributed by atoms with Gasteiger partial charge in [0.1, 0.15) is 5.75 Å². The number of phenols is 1. The second kappa shape index (κ2) is 7.97. The van der Waals surface area contributed by atoms with E-state index in [1.807, 2.05) is 11.9 Å². The van der Waals surface area contributed by atoms with Crippen molar-refractivity contribution in [3.8, 4) is 5.75 Å². The van der Waals surface area contributed by atoms with Gasteiger partial charge in [0.05, 0.1) is 12.2 Å². The normalized spacial score (nSPS) is 21.2. The number of hydrogen-bond acceptors (Lipinski definition) is 5. The van der Waals surface area contributed by atoms with Crippen LogP contribution in [-0.2, 0) is 0 Å². The number of phenolic OH excluding ortho intramolecular Hbond substituents is 1. The van der Waals surface area contributed by atoms with E-state index in [4.69, 9.17) is 16.7 Å². The summed E-state index contributed by atoms with van der Waals surface area (Å²) in [6.45, 7) is 2.31. The number of likely N-dealkylation sites (N-methyl/N-ethyl adjacent to an activating group) is 1. The highest BCUT2D eigenvalue weighted by molar-refractivity contribution is 6.30. The summed E-state index contributed by atoms with van der Waals surface area (Å²) in [6.07, 6.45) is 0. The van der Waals surface area contributed by atoms with E-state index in [2.05, 4.69) is 0 Å². The van der Waals surface area contributed by atoms with Crippen molar-refractivity contribution in [1.82, 2.24) is 9.80 Å². The number of aromatic hydroxyl groups is 1. The van der Waals surface area contributed by atoms with Crippen LogP contribution < -0.4 is 0 Å². The lowest BCUT2D eigenvalue weighted by Crippen LogP contribution is -2.33. The van der Waals surface area contributed by atoms with Crippen LogP contribution in [0.2, 0.25) is 5.02 Å². The molecule has 0 bridgehead atoms. The molecule has 1 aliphatic heterocycles. The molecule has 0 aromatic heterocycles. The Balaban J connectivity index is 2.07. The minimum absolute atomic E-state index is 0.00506. The van der Waals surface area contributed by atoms with E-state index >= 15 is 0 Å². The Morgan fingerprint density at radius 1 is 1.35 bits per heavy atom. The van der Waals surface area contributed by atoms with Gasteiger partial charge in [-0.1, -0.05) is 11.6 Å². The van der Waals surface area contributed by atoms with Gasteiger partial charge in [0.2, 0.25) is 0 Å². The van der Waals surface area contributed by atoms with Crippen LogP contribution in [0, 0.1) is 11.8 Å². The number of carbonyl (C=O) groups excluding carboxylic acids is 1. The highest BCUT2D eigenvalue weighted by Crippen LogP contribution is 2.28. The Bertz CT molecular complexity index is 555. The predicted molar refractivity (Wildman–Crippen MR) is 87.7 cm³/mol. The number of amides is 1. The van der Waals surface area contributed by atoms with Crippen LogP contribution >= 0.6 is 11.6 Å². The molecule has 1 aromatic rings. The summed E-state index contributed by atoms with van der Waals surface area (Å²) in [5.41, 5.74) is 0.218. The minimum Gasteiger partial charge on any atom is -0.507 e. The Labute approximate surface area is 140 Å². The topological polar surface area (TPSA) is 84.2 Å². The summed E-state index contributed by atoms with van der Waals surface area (Å²) in [7, 11) is 1.90. The molecule has 6 nitrogen and oxygen atoms in total. The van der Waals surface area contributed by atoms with E-state index in [1.54, 1.807) is 11.0 Å². The zero-order valence-electron chi connectivity index (χ0n) is 13.2. The summed E-state index contributed by atoms with van der Waals surface area (Å²) in [4.78, 5) is 16.2. The zero-order valence-corrected chi connectivity index (χ0v) is 13.9. The fourth-order valence-corrected chi connectivity index (χ4v) is 3.20. The van der Waals surface area contributed by atoms with Crippen molar-refractivity contribution in [2.45, 2.75) is 0 Å². The minimum atomic E-state index is -0.259. The second-order valence-corrected chi connectivity index (χ2v) is 6.50. The van der Waals surface area contributed by atoms with Crippen LogP contribution in [0.5, 0.6) is 5.75 Å². The molecule has 0 spiro atoms. The summed E-state index contributed by atoms with van der Waals surface area (Å²) < 4.78 is 0. The molecule has 1 heterocycles. The molecule has 1 aromatic carbocycles. The summed E-state index contributed by atoms with van der Waals surface area (Å²) in [5, 5.41) is 28.8. The molecule has 7 heteroatoms. The lowest BCUT2D eigenvalue weighted by atomic mass is 9.96. The van der Waals surface area contributed by atoms with Gasteiger partial charge in [-0.25, -0.2) is 0 Å². The molecule has 2 rings (SSSR count). The summed E-state index contributed by atoms with van der Waals surface area (Å²) in [5.74, 6) is -0.265. The predicted octanol–water partition coefficient (Wildman–Crippen LogP) is 0.650. The van der Waals surface area contributed by atoms with E-state index < -0.39 is 0 Å². The molecular formula is C16H23ClN2O4. The molecule has 0 saturated carbocycles. The van der Waals surface area contributed by atoms with E-state index in [0.29, 0.717) is 31.2 Å². The summed E-state index contributed by atoms with van der Waals surface area (Å²) >= 11 is 5.79. The van der Waals surface area contributed by atoms with Crippen LogP contribution in [0.1, 0.15) is 10.4 Å². The Morgan fingerprint density at radius 2 is 2.04 bits per heavy atom. The number of carbonyl (C=O) groups is 1. The van der Waals surface area contributed by atoms with Gasteiger partial charge >= 0.3 is 0 Å². The monoisotopic (exact) mass is 342 g/mol. The third-order valence-electron chi connectivity index (χ3n) is 4.32. The first-order valence-corrected chi connectivity index (χ1v) is 8.02. The highest BCUT2D eigenvalue weighted by Gasteiger charge is 2.36. The smallest absolute Gasteiger partial charge is 0.257 e. The molecule has 2 atom stereocenters. The van der Waals surface area contributed by atoms with E-state index in [9.17, 15) is 15.0 Å². The van der Waals surface area contributed by atoms with Crippen LogP contribution in [0.4, 0.5) is 0 Å². The van der Waals surface area contributed by atoms with Crippen molar-refractivity contribution in [2.75, 3.05) is 46.4 Å². The van der Waals surface area contributed by atoms with Gasteiger partial charge in [0.15, 0.2) is 0 Å². The molecule has 128 valence electrons. The van der Waals surface area contributed by atoms with Crippen molar-refractivity contribution in [3.05, 3.63) is 28.8 Å². The molecule has 1 amide bonds. The largest absolute Gasteiger partial charge is 0.507 e. The highest BCUT2D eigenvalue weighted by atomic mass is 35.5. The maximum absolute atomic E-state index is 12.6. The second-order valence-electron chi connectivity index (χ2n) is 6.06. The lowest BCUT2D eigenvalue weighted by Gasteiger charge is -2.23. The van der Waals surface area contributed by atoms with Gasteiger partial charge < -0.3 is 25.1 Å². The summed E-state index contributed by atoms with van der Waals surface area (Å²) in [6, 6.07) is 4.43. The molecule has 1 fully saturated rings. The van der Waals surface area contributed by atoms with Crippen molar-refractivity contribution in [2.24, 2.45) is 11.8 Å². The first kappa shape index (κ1) is 18.0. The number of benzene rings is 1. The first-order chi connectivity index (χ1) is 11.0. The molecule has 0 aliphatic carbocycles. The number of nitrogens with zero attached hydrogens (tertiary/aromatic N) is 2. The van der Waals surface area contributed by atoms with Crippen LogP contribution in [0.3, 0.4) is 0 Å². The van der Waals surface area contributed by atoms with Gasteiger partial charge in [-0.3, -0.25) is 4.79 Å². The van der Waals surface area contributed by atoms with E-state index in [0.717, 1.165) is 0 Å². The van der Waals surface area contributed by atoms with Crippen molar-refractivity contribution < 1.29 is 20.1 Å².